The van der Waals surface area contributed by atoms with E-state index in [1.54, 1.807) is 7.11 Å². The Bertz CT molecular complexity index is 341. The average Bonchev–Trinajstić information content (AvgIpc) is 2.46. The van der Waals surface area contributed by atoms with E-state index in [1.165, 1.54) is 50.9 Å². The first kappa shape index (κ1) is 13.4. The number of likely N-dealkylation sites (tertiary alicyclic amines) is 1. The summed E-state index contributed by atoms with van der Waals surface area (Å²) in [7, 11) is 1.72. The first-order chi connectivity index (χ1) is 8.79. The minimum atomic E-state index is 0.637. The SMILES string of the molecule is COc1ccc(C(C)CCN2CCCCC2)cc1. The van der Waals surface area contributed by atoms with Gasteiger partial charge in [-0.1, -0.05) is 25.5 Å². The van der Waals surface area contributed by atoms with Gasteiger partial charge in [0, 0.05) is 0 Å². The van der Waals surface area contributed by atoms with E-state index < -0.39 is 0 Å². The lowest BCUT2D eigenvalue weighted by Crippen LogP contribution is -2.31. The molecule has 2 nitrogen and oxygen atoms in total. The van der Waals surface area contributed by atoms with Crippen molar-refractivity contribution in [3.8, 4) is 5.75 Å². The lowest BCUT2D eigenvalue weighted by molar-refractivity contribution is 0.222. The molecule has 1 unspecified atom stereocenters. The third-order valence-corrected chi connectivity index (χ3v) is 4.01. The van der Waals surface area contributed by atoms with E-state index >= 15 is 0 Å². The van der Waals surface area contributed by atoms with Crippen molar-refractivity contribution in [3.05, 3.63) is 29.8 Å². The molecule has 1 aliphatic rings. The van der Waals surface area contributed by atoms with Gasteiger partial charge in [-0.05, 0) is 62.5 Å². The maximum Gasteiger partial charge on any atom is 0.118 e. The molecule has 18 heavy (non-hydrogen) atoms. The predicted octanol–water partition coefficient (Wildman–Crippen LogP) is 3.67. The average molecular weight is 247 g/mol. The second kappa shape index (κ2) is 6.79. The summed E-state index contributed by atoms with van der Waals surface area (Å²) in [5.74, 6) is 1.58. The number of methoxy groups -OCH3 is 1. The van der Waals surface area contributed by atoms with Crippen molar-refractivity contribution in [2.24, 2.45) is 0 Å². The Hall–Kier alpha value is -1.02. The first-order valence-electron chi connectivity index (χ1n) is 7.16. The van der Waals surface area contributed by atoms with Crippen molar-refractivity contribution < 1.29 is 4.74 Å². The highest BCUT2D eigenvalue weighted by molar-refractivity contribution is 5.29. The zero-order valence-electron chi connectivity index (χ0n) is 11.7. The van der Waals surface area contributed by atoms with E-state index in [0.717, 1.165) is 5.75 Å². The molecule has 0 spiro atoms. The van der Waals surface area contributed by atoms with Gasteiger partial charge in [-0.3, -0.25) is 0 Å². The zero-order valence-corrected chi connectivity index (χ0v) is 11.7. The van der Waals surface area contributed by atoms with Crippen molar-refractivity contribution >= 4 is 0 Å². The molecule has 1 aromatic carbocycles. The number of hydrogen-bond donors (Lipinski definition) is 0. The highest BCUT2D eigenvalue weighted by Crippen LogP contribution is 2.22. The van der Waals surface area contributed by atoms with Gasteiger partial charge in [0.15, 0.2) is 0 Å². The minimum Gasteiger partial charge on any atom is -0.497 e. The van der Waals surface area contributed by atoms with Gasteiger partial charge >= 0.3 is 0 Å². The van der Waals surface area contributed by atoms with Crippen LogP contribution in [0.3, 0.4) is 0 Å². The molecule has 0 aliphatic carbocycles. The van der Waals surface area contributed by atoms with Crippen LogP contribution in [0.4, 0.5) is 0 Å². The van der Waals surface area contributed by atoms with Crippen LogP contribution >= 0.6 is 0 Å². The lowest BCUT2D eigenvalue weighted by Gasteiger charge is -2.27. The minimum absolute atomic E-state index is 0.637. The largest absolute Gasteiger partial charge is 0.497 e. The van der Waals surface area contributed by atoms with E-state index in [0.29, 0.717) is 5.92 Å². The van der Waals surface area contributed by atoms with Crippen molar-refractivity contribution in [1.29, 1.82) is 0 Å². The molecule has 0 N–H and O–H groups in total. The van der Waals surface area contributed by atoms with Crippen LogP contribution in [0.2, 0.25) is 0 Å². The van der Waals surface area contributed by atoms with Crippen LogP contribution in [0.1, 0.15) is 44.1 Å². The van der Waals surface area contributed by atoms with E-state index in [-0.39, 0.29) is 0 Å². The van der Waals surface area contributed by atoms with Crippen LogP contribution in [-0.4, -0.2) is 31.6 Å². The smallest absolute Gasteiger partial charge is 0.118 e. The van der Waals surface area contributed by atoms with E-state index in [9.17, 15) is 0 Å². The number of benzene rings is 1. The molecule has 2 heteroatoms. The summed E-state index contributed by atoms with van der Waals surface area (Å²) < 4.78 is 5.20. The van der Waals surface area contributed by atoms with Crippen molar-refractivity contribution in [2.75, 3.05) is 26.7 Å². The van der Waals surface area contributed by atoms with Crippen molar-refractivity contribution in [1.82, 2.24) is 4.90 Å². The molecular formula is C16H25NO. The van der Waals surface area contributed by atoms with Gasteiger partial charge in [-0.25, -0.2) is 0 Å². The Balaban J connectivity index is 1.80. The van der Waals surface area contributed by atoms with Gasteiger partial charge in [0.1, 0.15) is 5.75 Å². The predicted molar refractivity (Wildman–Crippen MR) is 76.3 cm³/mol. The third-order valence-electron chi connectivity index (χ3n) is 4.01. The molecule has 1 saturated heterocycles. The van der Waals surface area contributed by atoms with Gasteiger partial charge in [-0.15, -0.1) is 0 Å². The van der Waals surface area contributed by atoms with E-state index in [1.807, 2.05) is 0 Å². The van der Waals surface area contributed by atoms with Crippen LogP contribution in [0.5, 0.6) is 5.75 Å². The summed E-state index contributed by atoms with van der Waals surface area (Å²) in [6, 6.07) is 8.51. The van der Waals surface area contributed by atoms with Gasteiger partial charge in [0.05, 0.1) is 7.11 Å². The maximum atomic E-state index is 5.20. The molecule has 0 aromatic heterocycles. The summed E-state index contributed by atoms with van der Waals surface area (Å²) in [6.45, 7) is 6.17. The highest BCUT2D eigenvalue weighted by Gasteiger charge is 2.12. The fourth-order valence-corrected chi connectivity index (χ4v) is 2.66. The molecule has 0 bridgehead atoms. The monoisotopic (exact) mass is 247 g/mol. The van der Waals surface area contributed by atoms with Crippen LogP contribution in [0, 0.1) is 0 Å². The van der Waals surface area contributed by atoms with Gasteiger partial charge in [0.2, 0.25) is 0 Å². The van der Waals surface area contributed by atoms with Crippen LogP contribution in [0.25, 0.3) is 0 Å². The number of nitrogens with zero attached hydrogens (tertiary/aromatic N) is 1. The second-order valence-corrected chi connectivity index (χ2v) is 5.37. The highest BCUT2D eigenvalue weighted by atomic mass is 16.5. The Morgan fingerprint density at radius 1 is 1.11 bits per heavy atom. The molecule has 2 rings (SSSR count). The van der Waals surface area contributed by atoms with Gasteiger partial charge < -0.3 is 9.64 Å². The summed E-state index contributed by atoms with van der Waals surface area (Å²) in [6.07, 6.45) is 5.45. The number of rotatable bonds is 5. The lowest BCUT2D eigenvalue weighted by atomic mass is 9.97. The number of ether oxygens (including phenoxy) is 1. The molecule has 1 aliphatic heterocycles. The van der Waals surface area contributed by atoms with Crippen molar-refractivity contribution in [3.63, 3.8) is 0 Å². The molecule has 0 saturated carbocycles. The standard InChI is InChI=1S/C16H25NO/c1-14(10-13-17-11-4-3-5-12-17)15-6-8-16(18-2)9-7-15/h6-9,14H,3-5,10-13H2,1-2H3. The molecular weight excluding hydrogens is 222 g/mol. The van der Waals surface area contributed by atoms with E-state index in [4.69, 9.17) is 4.74 Å². The molecule has 0 radical (unpaired) electrons. The molecule has 1 fully saturated rings. The summed E-state index contributed by atoms with van der Waals surface area (Å²) in [5.41, 5.74) is 1.42. The number of piperidine rings is 1. The van der Waals surface area contributed by atoms with Gasteiger partial charge in [0.25, 0.3) is 0 Å². The number of hydrogen-bond acceptors (Lipinski definition) is 2. The molecule has 1 atom stereocenters. The Morgan fingerprint density at radius 3 is 2.39 bits per heavy atom. The maximum absolute atomic E-state index is 5.20. The van der Waals surface area contributed by atoms with Crippen LogP contribution in [-0.2, 0) is 0 Å². The van der Waals surface area contributed by atoms with E-state index in [2.05, 4.69) is 36.1 Å². The normalized spacial score (nSPS) is 18.6. The summed E-state index contributed by atoms with van der Waals surface area (Å²) in [4.78, 5) is 2.61. The molecule has 100 valence electrons. The Kier molecular flexibility index (Phi) is 5.06. The zero-order chi connectivity index (χ0) is 12.8. The van der Waals surface area contributed by atoms with Crippen LogP contribution in [0.15, 0.2) is 24.3 Å². The molecule has 1 heterocycles. The fraction of sp³-hybridized carbons (Fsp3) is 0.625. The van der Waals surface area contributed by atoms with Gasteiger partial charge in [-0.2, -0.15) is 0 Å². The fourth-order valence-electron chi connectivity index (χ4n) is 2.66. The summed E-state index contributed by atoms with van der Waals surface area (Å²) >= 11 is 0. The third kappa shape index (κ3) is 3.74. The van der Waals surface area contributed by atoms with Crippen LogP contribution < -0.4 is 4.74 Å². The molecule has 0 amide bonds. The quantitative estimate of drug-likeness (QED) is 0.787. The van der Waals surface area contributed by atoms with Crippen molar-refractivity contribution in [2.45, 2.75) is 38.5 Å². The summed E-state index contributed by atoms with van der Waals surface area (Å²) in [5, 5.41) is 0. The molecule has 1 aromatic rings. The Morgan fingerprint density at radius 2 is 1.78 bits per heavy atom. The topological polar surface area (TPSA) is 12.5 Å². The second-order valence-electron chi connectivity index (χ2n) is 5.37. The first-order valence-corrected chi connectivity index (χ1v) is 7.16. The Labute approximate surface area is 111 Å².